The van der Waals surface area contributed by atoms with Crippen molar-refractivity contribution in [1.82, 2.24) is 15.0 Å². The van der Waals surface area contributed by atoms with Crippen molar-refractivity contribution in [2.45, 2.75) is 33.1 Å². The normalized spacial score (nSPS) is 14.3. The van der Waals surface area contributed by atoms with Gasteiger partial charge in [0, 0.05) is 20.1 Å². The second-order valence-electron chi connectivity index (χ2n) is 4.82. The second-order valence-corrected chi connectivity index (χ2v) is 4.82. The van der Waals surface area contributed by atoms with Crippen LogP contribution in [0.3, 0.4) is 0 Å². The zero-order valence-electron chi connectivity index (χ0n) is 12.0. The van der Waals surface area contributed by atoms with Gasteiger partial charge in [0.25, 0.3) is 0 Å². The molecule has 0 aromatic carbocycles. The van der Waals surface area contributed by atoms with Gasteiger partial charge < -0.3 is 15.0 Å². The first kappa shape index (κ1) is 13.8. The van der Waals surface area contributed by atoms with E-state index in [-0.39, 0.29) is 0 Å². The maximum Gasteiger partial charge on any atom is 0.323 e. The molecule has 1 N–H and O–H groups in total. The van der Waals surface area contributed by atoms with E-state index in [9.17, 15) is 0 Å². The predicted molar refractivity (Wildman–Crippen MR) is 75.8 cm³/mol. The lowest BCUT2D eigenvalue weighted by Gasteiger charge is -2.21. The third-order valence-corrected chi connectivity index (χ3v) is 3.10. The Morgan fingerprint density at radius 3 is 2.63 bits per heavy atom. The minimum Gasteiger partial charge on any atom is -0.463 e. The van der Waals surface area contributed by atoms with Crippen molar-refractivity contribution >= 4 is 11.9 Å². The quantitative estimate of drug-likeness (QED) is 0.775. The molecule has 0 amide bonds. The van der Waals surface area contributed by atoms with Gasteiger partial charge in [-0.3, -0.25) is 0 Å². The molecule has 1 aromatic rings. The van der Waals surface area contributed by atoms with Gasteiger partial charge in [-0.1, -0.05) is 6.92 Å². The molecule has 1 fully saturated rings. The molecule has 0 unspecified atom stereocenters. The number of hydrogen-bond acceptors (Lipinski definition) is 6. The highest BCUT2D eigenvalue weighted by molar-refractivity contribution is 5.38. The zero-order chi connectivity index (χ0) is 13.7. The summed E-state index contributed by atoms with van der Waals surface area (Å²) < 4.78 is 5.52. The van der Waals surface area contributed by atoms with Gasteiger partial charge in [-0.05, 0) is 32.1 Å². The van der Waals surface area contributed by atoms with Crippen molar-refractivity contribution < 1.29 is 4.74 Å². The van der Waals surface area contributed by atoms with Gasteiger partial charge in [-0.15, -0.1) is 0 Å². The smallest absolute Gasteiger partial charge is 0.323 e. The Balaban J connectivity index is 2.15. The van der Waals surface area contributed by atoms with Crippen LogP contribution in [0, 0.1) is 5.92 Å². The number of ether oxygens (including phenoxy) is 1. The lowest BCUT2D eigenvalue weighted by molar-refractivity contribution is 0.292. The fraction of sp³-hybridized carbons (Fsp3) is 0.769. The van der Waals surface area contributed by atoms with E-state index in [1.165, 1.54) is 12.8 Å². The van der Waals surface area contributed by atoms with E-state index < -0.39 is 0 Å². The Morgan fingerprint density at radius 1 is 1.26 bits per heavy atom. The Bertz CT molecular complexity index is 408. The van der Waals surface area contributed by atoms with Crippen LogP contribution < -0.4 is 15.0 Å². The lowest BCUT2D eigenvalue weighted by Crippen LogP contribution is -2.27. The summed E-state index contributed by atoms with van der Waals surface area (Å²) in [5.41, 5.74) is 0. The van der Waals surface area contributed by atoms with Crippen LogP contribution in [0.4, 0.5) is 11.9 Å². The molecular weight excluding hydrogens is 242 g/mol. The van der Waals surface area contributed by atoms with Crippen LogP contribution in [-0.2, 0) is 0 Å². The fourth-order valence-electron chi connectivity index (χ4n) is 1.82. The SMILES string of the molecule is CCCOc1nc(NC)nc(N(CC)CC2CC2)n1. The van der Waals surface area contributed by atoms with Crippen LogP contribution in [0.25, 0.3) is 0 Å². The summed E-state index contributed by atoms with van der Waals surface area (Å²) in [6, 6.07) is 0.408. The highest BCUT2D eigenvalue weighted by Gasteiger charge is 2.25. The number of aromatic nitrogens is 3. The minimum absolute atomic E-state index is 0.408. The third-order valence-electron chi connectivity index (χ3n) is 3.10. The molecule has 6 nitrogen and oxygen atoms in total. The molecule has 6 heteroatoms. The second kappa shape index (κ2) is 6.54. The average Bonchev–Trinajstić information content (AvgIpc) is 3.26. The number of anilines is 2. The first-order valence-electron chi connectivity index (χ1n) is 7.08. The highest BCUT2D eigenvalue weighted by atomic mass is 16.5. The molecule has 1 aromatic heterocycles. The van der Waals surface area contributed by atoms with Gasteiger partial charge >= 0.3 is 6.01 Å². The standard InChI is InChI=1S/C13H23N5O/c1-4-8-19-13-16-11(14-3)15-12(17-13)18(5-2)9-10-6-7-10/h10H,4-9H2,1-3H3,(H,14,15,16,17). The molecule has 0 spiro atoms. The molecular formula is C13H23N5O. The van der Waals surface area contributed by atoms with Gasteiger partial charge in [0.05, 0.1) is 6.61 Å². The van der Waals surface area contributed by atoms with E-state index in [2.05, 4.69) is 39.0 Å². The van der Waals surface area contributed by atoms with Gasteiger partial charge in [-0.25, -0.2) is 0 Å². The Hall–Kier alpha value is -1.59. The van der Waals surface area contributed by atoms with Crippen molar-refractivity contribution in [3.05, 3.63) is 0 Å². The molecule has 0 radical (unpaired) electrons. The van der Waals surface area contributed by atoms with Crippen molar-refractivity contribution in [3.8, 4) is 6.01 Å². The van der Waals surface area contributed by atoms with Gasteiger partial charge in [-0.2, -0.15) is 15.0 Å². The van der Waals surface area contributed by atoms with Crippen LogP contribution in [0.2, 0.25) is 0 Å². The average molecular weight is 265 g/mol. The summed E-state index contributed by atoms with van der Waals surface area (Å²) >= 11 is 0. The van der Waals surface area contributed by atoms with Gasteiger partial charge in [0.1, 0.15) is 0 Å². The van der Waals surface area contributed by atoms with E-state index in [0.29, 0.717) is 24.5 Å². The first-order valence-corrected chi connectivity index (χ1v) is 7.08. The Morgan fingerprint density at radius 2 is 2.05 bits per heavy atom. The summed E-state index contributed by atoms with van der Waals surface area (Å²) in [5, 5.41) is 2.96. The summed E-state index contributed by atoms with van der Waals surface area (Å²) in [7, 11) is 1.81. The molecule has 1 aliphatic rings. The largest absolute Gasteiger partial charge is 0.463 e. The molecule has 1 saturated carbocycles. The molecule has 0 atom stereocenters. The van der Waals surface area contributed by atoms with E-state index in [0.717, 1.165) is 25.4 Å². The molecule has 0 bridgehead atoms. The third kappa shape index (κ3) is 3.94. The van der Waals surface area contributed by atoms with Gasteiger partial charge in [0.2, 0.25) is 11.9 Å². The van der Waals surface area contributed by atoms with Crippen molar-refractivity contribution in [3.63, 3.8) is 0 Å². The molecule has 1 aliphatic carbocycles. The van der Waals surface area contributed by atoms with Crippen LogP contribution >= 0.6 is 0 Å². The van der Waals surface area contributed by atoms with Crippen LogP contribution in [-0.4, -0.2) is 41.7 Å². The highest BCUT2D eigenvalue weighted by Crippen LogP contribution is 2.30. The summed E-state index contributed by atoms with van der Waals surface area (Å²) in [6.07, 6.45) is 3.58. The molecule has 2 rings (SSSR count). The molecule has 106 valence electrons. The summed E-state index contributed by atoms with van der Waals surface area (Å²) in [4.78, 5) is 15.2. The molecule has 1 heterocycles. The van der Waals surface area contributed by atoms with Gasteiger partial charge in [0.15, 0.2) is 0 Å². The van der Waals surface area contributed by atoms with Crippen molar-refractivity contribution in [1.29, 1.82) is 0 Å². The van der Waals surface area contributed by atoms with Crippen molar-refractivity contribution in [2.24, 2.45) is 5.92 Å². The Kier molecular flexibility index (Phi) is 4.76. The van der Waals surface area contributed by atoms with Crippen LogP contribution in [0.5, 0.6) is 6.01 Å². The molecule has 0 saturated heterocycles. The topological polar surface area (TPSA) is 63.2 Å². The fourth-order valence-corrected chi connectivity index (χ4v) is 1.82. The number of rotatable bonds is 8. The number of nitrogens with zero attached hydrogens (tertiary/aromatic N) is 4. The summed E-state index contributed by atoms with van der Waals surface area (Å²) in [5.74, 6) is 2.07. The van der Waals surface area contributed by atoms with E-state index in [1.807, 2.05) is 0 Å². The number of hydrogen-bond donors (Lipinski definition) is 1. The summed E-state index contributed by atoms with van der Waals surface area (Å²) in [6.45, 7) is 6.74. The monoisotopic (exact) mass is 265 g/mol. The van der Waals surface area contributed by atoms with Crippen molar-refractivity contribution in [2.75, 3.05) is 37.0 Å². The minimum atomic E-state index is 0.408. The first-order chi connectivity index (χ1) is 9.26. The molecule has 0 aliphatic heterocycles. The Labute approximate surface area is 114 Å². The van der Waals surface area contributed by atoms with E-state index in [1.54, 1.807) is 7.05 Å². The van der Waals surface area contributed by atoms with Crippen LogP contribution in [0.15, 0.2) is 0 Å². The van der Waals surface area contributed by atoms with E-state index >= 15 is 0 Å². The van der Waals surface area contributed by atoms with Crippen LogP contribution in [0.1, 0.15) is 33.1 Å². The maximum atomic E-state index is 5.52. The predicted octanol–water partition coefficient (Wildman–Crippen LogP) is 1.94. The van der Waals surface area contributed by atoms with E-state index in [4.69, 9.17) is 4.74 Å². The lowest BCUT2D eigenvalue weighted by atomic mass is 10.4. The zero-order valence-corrected chi connectivity index (χ0v) is 12.0. The number of nitrogens with one attached hydrogen (secondary N) is 1. The maximum absolute atomic E-state index is 5.52. The molecule has 19 heavy (non-hydrogen) atoms.